The SMILES string of the molecule is CCCC(C)COc1ccc(/C(=N/O)C(=O)OC)nc1. The van der Waals surface area contributed by atoms with Crippen LogP contribution in [0.4, 0.5) is 0 Å². The number of nitrogens with zero attached hydrogens (tertiary/aromatic N) is 2. The van der Waals surface area contributed by atoms with E-state index >= 15 is 0 Å². The third-order valence-corrected chi connectivity index (χ3v) is 2.77. The highest BCUT2D eigenvalue weighted by atomic mass is 16.5. The van der Waals surface area contributed by atoms with Crippen molar-refractivity contribution in [3.63, 3.8) is 0 Å². The van der Waals surface area contributed by atoms with Crippen LogP contribution in [-0.2, 0) is 9.53 Å². The van der Waals surface area contributed by atoms with Crippen LogP contribution in [0.25, 0.3) is 0 Å². The summed E-state index contributed by atoms with van der Waals surface area (Å²) < 4.78 is 10.1. The van der Waals surface area contributed by atoms with Gasteiger partial charge in [-0.3, -0.25) is 4.98 Å². The van der Waals surface area contributed by atoms with Crippen LogP contribution < -0.4 is 4.74 Å². The number of hydrogen-bond acceptors (Lipinski definition) is 6. The predicted octanol–water partition coefficient (Wildman–Crippen LogP) is 2.25. The van der Waals surface area contributed by atoms with Gasteiger partial charge in [-0.05, 0) is 24.5 Å². The number of methoxy groups -OCH3 is 1. The Labute approximate surface area is 118 Å². The molecule has 1 N–H and O–H groups in total. The van der Waals surface area contributed by atoms with Gasteiger partial charge >= 0.3 is 5.97 Å². The molecule has 1 atom stereocenters. The lowest BCUT2D eigenvalue weighted by Crippen LogP contribution is -2.18. The number of rotatable bonds is 7. The number of pyridine rings is 1. The number of esters is 1. The molecule has 0 saturated carbocycles. The fourth-order valence-corrected chi connectivity index (χ4v) is 1.71. The Morgan fingerprint density at radius 3 is 2.75 bits per heavy atom. The summed E-state index contributed by atoms with van der Waals surface area (Å²) in [5, 5.41) is 11.7. The topological polar surface area (TPSA) is 81.0 Å². The third-order valence-electron chi connectivity index (χ3n) is 2.77. The molecule has 0 aliphatic heterocycles. The van der Waals surface area contributed by atoms with Gasteiger partial charge in [-0.25, -0.2) is 4.79 Å². The van der Waals surface area contributed by atoms with E-state index in [0.717, 1.165) is 12.8 Å². The highest BCUT2D eigenvalue weighted by molar-refractivity contribution is 6.42. The van der Waals surface area contributed by atoms with Crippen molar-refractivity contribution in [1.29, 1.82) is 0 Å². The van der Waals surface area contributed by atoms with Gasteiger partial charge in [0.15, 0.2) is 0 Å². The Bertz CT molecular complexity index is 457. The highest BCUT2D eigenvalue weighted by Crippen LogP contribution is 2.13. The normalized spacial score (nSPS) is 12.8. The van der Waals surface area contributed by atoms with Gasteiger partial charge < -0.3 is 14.7 Å². The van der Waals surface area contributed by atoms with Crippen LogP contribution in [0.5, 0.6) is 5.75 Å². The minimum atomic E-state index is -0.745. The maximum atomic E-state index is 11.3. The van der Waals surface area contributed by atoms with Crippen molar-refractivity contribution in [1.82, 2.24) is 4.98 Å². The monoisotopic (exact) mass is 280 g/mol. The van der Waals surface area contributed by atoms with E-state index < -0.39 is 5.97 Å². The molecule has 1 rings (SSSR count). The van der Waals surface area contributed by atoms with Crippen LogP contribution in [0, 0.1) is 5.92 Å². The summed E-state index contributed by atoms with van der Waals surface area (Å²) in [6, 6.07) is 3.22. The molecule has 6 nitrogen and oxygen atoms in total. The van der Waals surface area contributed by atoms with Crippen LogP contribution in [0.3, 0.4) is 0 Å². The van der Waals surface area contributed by atoms with Crippen molar-refractivity contribution in [3.8, 4) is 5.75 Å². The van der Waals surface area contributed by atoms with Crippen LogP contribution in [-0.4, -0.2) is 35.6 Å². The zero-order chi connectivity index (χ0) is 15.0. The quantitative estimate of drug-likeness (QED) is 0.358. The van der Waals surface area contributed by atoms with Crippen LogP contribution in [0.2, 0.25) is 0 Å². The zero-order valence-corrected chi connectivity index (χ0v) is 12.0. The average Bonchev–Trinajstić information content (AvgIpc) is 2.47. The van der Waals surface area contributed by atoms with E-state index in [1.54, 1.807) is 12.1 Å². The highest BCUT2D eigenvalue weighted by Gasteiger charge is 2.16. The first-order chi connectivity index (χ1) is 9.62. The average molecular weight is 280 g/mol. The molecule has 20 heavy (non-hydrogen) atoms. The lowest BCUT2D eigenvalue weighted by atomic mass is 10.1. The standard InChI is InChI=1S/C14H20N2O4/c1-4-5-10(2)9-20-11-6-7-12(15-8-11)13(16-18)14(17)19-3/h6-8,10,18H,4-5,9H2,1-3H3/b16-13-. The van der Waals surface area contributed by atoms with Gasteiger partial charge in [-0.1, -0.05) is 25.4 Å². The van der Waals surface area contributed by atoms with Gasteiger partial charge in [0.1, 0.15) is 5.75 Å². The van der Waals surface area contributed by atoms with Crippen LogP contribution in [0.1, 0.15) is 32.4 Å². The van der Waals surface area contributed by atoms with Gasteiger partial charge in [-0.2, -0.15) is 0 Å². The molecular weight excluding hydrogens is 260 g/mol. The molecule has 0 aromatic carbocycles. The van der Waals surface area contributed by atoms with E-state index in [1.165, 1.54) is 13.3 Å². The van der Waals surface area contributed by atoms with Gasteiger partial charge in [0.25, 0.3) is 0 Å². The zero-order valence-electron chi connectivity index (χ0n) is 12.0. The maximum absolute atomic E-state index is 11.3. The molecule has 1 aromatic rings. The Morgan fingerprint density at radius 1 is 1.50 bits per heavy atom. The molecule has 1 heterocycles. The van der Waals surface area contributed by atoms with E-state index in [4.69, 9.17) is 9.94 Å². The van der Waals surface area contributed by atoms with Crippen molar-refractivity contribution >= 4 is 11.7 Å². The van der Waals surface area contributed by atoms with Crippen LogP contribution >= 0.6 is 0 Å². The van der Waals surface area contributed by atoms with E-state index in [1.807, 2.05) is 0 Å². The minimum absolute atomic E-state index is 0.230. The van der Waals surface area contributed by atoms with Crippen molar-refractivity contribution in [2.24, 2.45) is 11.1 Å². The second-order valence-corrected chi connectivity index (χ2v) is 4.52. The Kier molecular flexibility index (Phi) is 6.49. The molecule has 0 bridgehead atoms. The van der Waals surface area contributed by atoms with E-state index in [0.29, 0.717) is 18.3 Å². The summed E-state index contributed by atoms with van der Waals surface area (Å²) in [6.45, 7) is 4.88. The van der Waals surface area contributed by atoms with Crippen molar-refractivity contribution in [2.75, 3.05) is 13.7 Å². The molecule has 6 heteroatoms. The predicted molar refractivity (Wildman–Crippen MR) is 74.1 cm³/mol. The molecule has 1 unspecified atom stereocenters. The summed E-state index contributed by atoms with van der Waals surface area (Å²) in [5.74, 6) is 0.341. The van der Waals surface area contributed by atoms with Gasteiger partial charge in [0.05, 0.1) is 25.6 Å². The number of hydrogen-bond donors (Lipinski definition) is 1. The van der Waals surface area contributed by atoms with Gasteiger partial charge in [-0.15, -0.1) is 0 Å². The number of oxime groups is 1. The molecule has 0 amide bonds. The number of carbonyl (C=O) groups excluding carboxylic acids is 1. The van der Waals surface area contributed by atoms with E-state index in [2.05, 4.69) is 28.7 Å². The third kappa shape index (κ3) is 4.53. The van der Waals surface area contributed by atoms with Crippen molar-refractivity contribution < 1.29 is 19.5 Å². The van der Waals surface area contributed by atoms with E-state index in [-0.39, 0.29) is 11.4 Å². The fourth-order valence-electron chi connectivity index (χ4n) is 1.71. The first kappa shape index (κ1) is 15.9. The molecule has 1 aromatic heterocycles. The molecule has 110 valence electrons. The number of ether oxygens (including phenoxy) is 2. The summed E-state index contributed by atoms with van der Waals surface area (Å²) in [4.78, 5) is 15.4. The Hall–Kier alpha value is -2.11. The lowest BCUT2D eigenvalue weighted by Gasteiger charge is -2.12. The van der Waals surface area contributed by atoms with Crippen molar-refractivity contribution in [2.45, 2.75) is 26.7 Å². The molecule has 0 fully saturated rings. The molecule has 0 aliphatic carbocycles. The Morgan fingerprint density at radius 2 is 2.25 bits per heavy atom. The number of aromatic nitrogens is 1. The second-order valence-electron chi connectivity index (χ2n) is 4.52. The van der Waals surface area contributed by atoms with Gasteiger partial charge in [0.2, 0.25) is 5.71 Å². The number of carbonyl (C=O) groups is 1. The van der Waals surface area contributed by atoms with E-state index in [9.17, 15) is 4.79 Å². The molecule has 0 saturated heterocycles. The Balaban J connectivity index is 2.66. The largest absolute Gasteiger partial charge is 0.492 e. The van der Waals surface area contributed by atoms with Gasteiger partial charge in [0, 0.05) is 0 Å². The molecule has 0 spiro atoms. The minimum Gasteiger partial charge on any atom is -0.492 e. The summed E-state index contributed by atoms with van der Waals surface area (Å²) in [7, 11) is 1.21. The lowest BCUT2D eigenvalue weighted by molar-refractivity contribution is -0.132. The smallest absolute Gasteiger partial charge is 0.362 e. The first-order valence-corrected chi connectivity index (χ1v) is 6.52. The van der Waals surface area contributed by atoms with Crippen LogP contribution in [0.15, 0.2) is 23.5 Å². The maximum Gasteiger partial charge on any atom is 0.362 e. The summed E-state index contributed by atoms with van der Waals surface area (Å²) in [5.41, 5.74) is -0.00768. The molecular formula is C14H20N2O4. The fraction of sp³-hybridized carbons (Fsp3) is 0.500. The molecule has 0 radical (unpaired) electrons. The van der Waals surface area contributed by atoms with Crippen molar-refractivity contribution in [3.05, 3.63) is 24.0 Å². The summed E-state index contributed by atoms with van der Waals surface area (Å²) >= 11 is 0. The summed E-state index contributed by atoms with van der Waals surface area (Å²) in [6.07, 6.45) is 3.72. The first-order valence-electron chi connectivity index (χ1n) is 6.52. The molecule has 0 aliphatic rings. The second kappa shape index (κ2) is 8.14.